The molecule has 0 aromatic rings. The average molecular weight is 351 g/mol. The predicted octanol–water partition coefficient (Wildman–Crippen LogP) is 1.78. The highest BCUT2D eigenvalue weighted by Crippen LogP contribution is 2.24. The molecule has 6 heteroatoms. The first-order valence-electron chi connectivity index (χ1n) is 8.48. The smallest absolute Gasteiger partial charge is 0.303 e. The summed E-state index contributed by atoms with van der Waals surface area (Å²) < 4.78 is 5.23. The maximum absolute atomic E-state index is 12.1. The van der Waals surface area contributed by atoms with Crippen molar-refractivity contribution in [2.24, 2.45) is 0 Å². The Labute approximate surface area is 149 Å². The number of aliphatic hydroxyl groups excluding tert-OH is 1. The van der Waals surface area contributed by atoms with E-state index < -0.39 is 23.8 Å². The number of allylic oxidation sites excluding steroid dienone is 2. The van der Waals surface area contributed by atoms with Gasteiger partial charge >= 0.3 is 5.97 Å². The number of nitrogens with one attached hydrogen (secondary N) is 1. The molecule has 0 aliphatic carbocycles. The first-order chi connectivity index (χ1) is 11.7. The van der Waals surface area contributed by atoms with Crippen molar-refractivity contribution in [2.75, 3.05) is 0 Å². The summed E-state index contributed by atoms with van der Waals surface area (Å²) in [5.41, 5.74) is -0.421. The monoisotopic (exact) mass is 351 g/mol. The van der Waals surface area contributed by atoms with Crippen LogP contribution < -0.4 is 5.32 Å². The third kappa shape index (κ3) is 7.23. The van der Waals surface area contributed by atoms with E-state index in [9.17, 15) is 19.8 Å². The second-order valence-electron chi connectivity index (χ2n) is 6.71. The van der Waals surface area contributed by atoms with Crippen molar-refractivity contribution >= 4 is 11.9 Å². The van der Waals surface area contributed by atoms with E-state index in [2.05, 4.69) is 11.9 Å². The third-order valence-electron chi connectivity index (χ3n) is 4.26. The molecular formula is C19H29NO5. The van der Waals surface area contributed by atoms with Crippen molar-refractivity contribution in [2.45, 2.75) is 70.3 Å². The molecule has 0 bridgehead atoms. The minimum absolute atomic E-state index is 0.0457. The van der Waals surface area contributed by atoms with Crippen molar-refractivity contribution in [3.8, 4) is 0 Å². The number of esters is 1. The second kappa shape index (κ2) is 9.53. The highest BCUT2D eigenvalue weighted by atomic mass is 16.6. The summed E-state index contributed by atoms with van der Waals surface area (Å²) in [5.74, 6) is -0.741. The zero-order valence-corrected chi connectivity index (χ0v) is 15.2. The van der Waals surface area contributed by atoms with E-state index in [-0.39, 0.29) is 31.2 Å². The molecule has 25 heavy (non-hydrogen) atoms. The highest BCUT2D eigenvalue weighted by molar-refractivity contribution is 5.77. The van der Waals surface area contributed by atoms with Gasteiger partial charge in [0.05, 0.1) is 18.6 Å². The molecule has 1 aliphatic rings. The van der Waals surface area contributed by atoms with Crippen LogP contribution in [-0.2, 0) is 14.3 Å². The number of carbonyl (C=O) groups is 2. The molecule has 140 valence electrons. The van der Waals surface area contributed by atoms with Gasteiger partial charge in [0.15, 0.2) is 0 Å². The van der Waals surface area contributed by atoms with E-state index in [1.165, 1.54) is 6.92 Å². The van der Waals surface area contributed by atoms with Gasteiger partial charge in [0.2, 0.25) is 5.91 Å². The fraction of sp³-hybridized carbons (Fsp3) is 0.579. The van der Waals surface area contributed by atoms with Gasteiger partial charge in [-0.2, -0.15) is 0 Å². The van der Waals surface area contributed by atoms with Crippen LogP contribution >= 0.6 is 0 Å². The largest absolute Gasteiger partial charge is 0.455 e. The molecule has 0 saturated heterocycles. The lowest BCUT2D eigenvalue weighted by Crippen LogP contribution is -2.43. The van der Waals surface area contributed by atoms with E-state index in [4.69, 9.17) is 4.74 Å². The van der Waals surface area contributed by atoms with Gasteiger partial charge in [-0.25, -0.2) is 0 Å². The molecular weight excluding hydrogens is 322 g/mol. The van der Waals surface area contributed by atoms with Gasteiger partial charge in [0.1, 0.15) is 11.7 Å². The Kier molecular flexibility index (Phi) is 8.06. The van der Waals surface area contributed by atoms with Crippen molar-refractivity contribution in [3.63, 3.8) is 0 Å². The second-order valence-corrected chi connectivity index (χ2v) is 6.71. The van der Waals surface area contributed by atoms with Gasteiger partial charge in [-0.3, -0.25) is 9.59 Å². The number of amides is 1. The van der Waals surface area contributed by atoms with Crippen molar-refractivity contribution in [3.05, 3.63) is 36.5 Å². The van der Waals surface area contributed by atoms with Crippen molar-refractivity contribution in [1.29, 1.82) is 0 Å². The molecule has 6 nitrogen and oxygen atoms in total. The van der Waals surface area contributed by atoms with Crippen LogP contribution in [0.1, 0.15) is 46.5 Å². The molecule has 0 spiro atoms. The Hall–Kier alpha value is -1.92. The number of rotatable bonds is 3. The van der Waals surface area contributed by atoms with Gasteiger partial charge in [-0.15, -0.1) is 0 Å². The summed E-state index contributed by atoms with van der Waals surface area (Å²) in [6.45, 7) is 8.38. The molecule has 0 unspecified atom stereocenters. The fourth-order valence-corrected chi connectivity index (χ4v) is 2.72. The number of hydrogen-bond donors (Lipinski definition) is 3. The lowest BCUT2D eigenvalue weighted by Gasteiger charge is -2.31. The number of hydrogen-bond acceptors (Lipinski definition) is 5. The average Bonchev–Trinajstić information content (AvgIpc) is 2.50. The van der Waals surface area contributed by atoms with E-state index in [1.54, 1.807) is 31.2 Å². The lowest BCUT2D eigenvalue weighted by molar-refractivity contribution is -0.156. The molecule has 0 aromatic heterocycles. The highest BCUT2D eigenvalue weighted by Gasteiger charge is 2.33. The van der Waals surface area contributed by atoms with Crippen LogP contribution in [0.2, 0.25) is 0 Å². The quantitative estimate of drug-likeness (QED) is 0.409. The molecule has 0 saturated carbocycles. The maximum atomic E-state index is 12.1. The van der Waals surface area contributed by atoms with Crippen LogP contribution in [0.3, 0.4) is 0 Å². The SMILES string of the molecule is C=C/C=C(\C)[C@@H]1C/C=C\[C@H](OC(C)=O)[C@](C)(O)CC[C@@H](O)CC(=O)N1. The topological polar surface area (TPSA) is 95.9 Å². The summed E-state index contributed by atoms with van der Waals surface area (Å²) in [6, 6.07) is -0.267. The molecule has 1 rings (SSSR count). The van der Waals surface area contributed by atoms with E-state index >= 15 is 0 Å². The Morgan fingerprint density at radius 2 is 2.16 bits per heavy atom. The molecule has 0 fully saturated rings. The standard InChI is InChI=1S/C19H29NO5/c1-5-7-13(2)16-8-6-9-17(25-14(3)21)19(4,24)11-10-15(22)12-18(23)20-16/h5-7,9,15-17,22,24H,1,8,10-12H2,2-4H3,(H,20,23)/b9-6-,13-7+/t15-,16+,17+,19-/m1/s1. The van der Waals surface area contributed by atoms with Gasteiger partial charge in [-0.1, -0.05) is 30.4 Å². The molecule has 3 N–H and O–H groups in total. The minimum atomic E-state index is -1.33. The summed E-state index contributed by atoms with van der Waals surface area (Å²) >= 11 is 0. The van der Waals surface area contributed by atoms with Crippen LogP contribution in [0.25, 0.3) is 0 Å². The van der Waals surface area contributed by atoms with Crippen LogP contribution in [0.15, 0.2) is 36.5 Å². The van der Waals surface area contributed by atoms with Crippen molar-refractivity contribution < 1.29 is 24.5 Å². The summed E-state index contributed by atoms with van der Waals surface area (Å²) in [5, 5.41) is 23.6. The number of aliphatic hydroxyl groups is 2. The molecule has 4 atom stereocenters. The van der Waals surface area contributed by atoms with Gasteiger partial charge in [0.25, 0.3) is 0 Å². The predicted molar refractivity (Wildman–Crippen MR) is 95.7 cm³/mol. The Morgan fingerprint density at radius 3 is 2.76 bits per heavy atom. The van der Waals surface area contributed by atoms with Crippen LogP contribution in [0.4, 0.5) is 0 Å². The van der Waals surface area contributed by atoms with Crippen molar-refractivity contribution in [1.82, 2.24) is 5.32 Å². The molecule has 0 aromatic carbocycles. The van der Waals surface area contributed by atoms with Crippen LogP contribution in [0.5, 0.6) is 0 Å². The minimum Gasteiger partial charge on any atom is -0.455 e. The Balaban J connectivity index is 3.10. The first-order valence-corrected chi connectivity index (χ1v) is 8.48. The van der Waals surface area contributed by atoms with Gasteiger partial charge in [0, 0.05) is 6.92 Å². The van der Waals surface area contributed by atoms with Gasteiger partial charge in [-0.05, 0) is 39.2 Å². The van der Waals surface area contributed by atoms with E-state index in [0.29, 0.717) is 6.42 Å². The van der Waals surface area contributed by atoms with Crippen LogP contribution in [-0.4, -0.2) is 45.9 Å². The van der Waals surface area contributed by atoms with Crippen LogP contribution in [0, 0.1) is 0 Å². The number of carbonyl (C=O) groups excluding carboxylic acids is 2. The van der Waals surface area contributed by atoms with E-state index in [0.717, 1.165) is 5.57 Å². The molecule has 1 heterocycles. The zero-order valence-electron chi connectivity index (χ0n) is 15.2. The molecule has 1 amide bonds. The van der Waals surface area contributed by atoms with E-state index in [1.807, 2.05) is 6.92 Å². The molecule has 0 radical (unpaired) electrons. The maximum Gasteiger partial charge on any atom is 0.303 e. The summed E-state index contributed by atoms with van der Waals surface area (Å²) in [4.78, 5) is 23.5. The zero-order chi connectivity index (χ0) is 19.0. The molecule has 1 aliphatic heterocycles. The summed E-state index contributed by atoms with van der Waals surface area (Å²) in [7, 11) is 0. The Morgan fingerprint density at radius 1 is 1.48 bits per heavy atom. The number of ether oxygens (including phenoxy) is 1. The summed E-state index contributed by atoms with van der Waals surface area (Å²) in [6.07, 6.45) is 6.00. The first kappa shape index (κ1) is 21.1. The Bertz CT molecular complexity index is 550. The third-order valence-corrected chi connectivity index (χ3v) is 4.26. The fourth-order valence-electron chi connectivity index (χ4n) is 2.72. The normalized spacial score (nSPS) is 33.4. The lowest BCUT2D eigenvalue weighted by atomic mass is 9.90. The van der Waals surface area contributed by atoms with Gasteiger partial charge < -0.3 is 20.3 Å².